The number of nitrogens with one attached hydrogen (secondary N) is 1. The molecular formula is C21H25IN2O4. The molecule has 2 aliphatic rings. The van der Waals surface area contributed by atoms with E-state index in [4.69, 9.17) is 14.2 Å². The molecule has 2 unspecified atom stereocenters. The highest BCUT2D eigenvalue weighted by atomic mass is 127. The van der Waals surface area contributed by atoms with Crippen molar-refractivity contribution < 1.29 is 19.3 Å². The Hall–Kier alpha value is -1.84. The zero-order valence-corrected chi connectivity index (χ0v) is 18.6. The third kappa shape index (κ3) is 3.97. The average Bonchev–Trinajstić information content (AvgIpc) is 2.72. The van der Waals surface area contributed by atoms with Crippen LogP contribution >= 0.6 is 22.9 Å². The summed E-state index contributed by atoms with van der Waals surface area (Å²) in [6.07, 6.45) is 6.11. The number of hydrogen-bond donors (Lipinski definition) is 2. The van der Waals surface area contributed by atoms with Crippen molar-refractivity contribution in [3.63, 3.8) is 0 Å². The molecule has 3 atom stereocenters. The van der Waals surface area contributed by atoms with Crippen molar-refractivity contribution in [1.29, 1.82) is 0 Å². The molecule has 1 aromatic carbocycles. The summed E-state index contributed by atoms with van der Waals surface area (Å²) < 4.78 is 19.9. The molecule has 0 spiro atoms. The number of hydrogen-bond acceptors (Lipinski definition) is 6. The zero-order chi connectivity index (χ0) is 20.3. The van der Waals surface area contributed by atoms with Crippen LogP contribution in [-0.2, 0) is 19.6 Å². The van der Waals surface area contributed by atoms with E-state index in [0.29, 0.717) is 12.2 Å². The van der Waals surface area contributed by atoms with Gasteiger partial charge in [0.05, 0.1) is 30.0 Å². The number of benzene rings is 1. The number of halogens is 1. The maximum absolute atomic E-state index is 9.92. The molecule has 1 aliphatic carbocycles. The summed E-state index contributed by atoms with van der Waals surface area (Å²) in [5.74, 6) is 1.75. The monoisotopic (exact) mass is 496 g/mol. The maximum atomic E-state index is 9.92. The van der Waals surface area contributed by atoms with E-state index in [1.54, 1.807) is 33.5 Å². The zero-order valence-electron chi connectivity index (χ0n) is 16.4. The van der Waals surface area contributed by atoms with Crippen LogP contribution in [0.25, 0.3) is 0 Å². The van der Waals surface area contributed by atoms with Crippen LogP contribution in [0.3, 0.4) is 0 Å². The van der Waals surface area contributed by atoms with Crippen LogP contribution in [0.15, 0.2) is 64.1 Å². The molecule has 0 aromatic heterocycles. The molecule has 0 amide bonds. The van der Waals surface area contributed by atoms with E-state index in [2.05, 4.69) is 38.3 Å². The average molecular weight is 496 g/mol. The number of aliphatic imine (C=N–C) groups is 1. The van der Waals surface area contributed by atoms with Gasteiger partial charge in [-0.3, -0.25) is 0 Å². The molecule has 6 nitrogen and oxygen atoms in total. The second-order valence-corrected chi connectivity index (χ2v) is 7.59. The summed E-state index contributed by atoms with van der Waals surface area (Å²) in [6, 6.07) is 7.33. The van der Waals surface area contributed by atoms with Gasteiger partial charge in [0.1, 0.15) is 29.5 Å². The van der Waals surface area contributed by atoms with Crippen LogP contribution in [-0.4, -0.2) is 44.9 Å². The first-order valence-electron chi connectivity index (χ1n) is 8.93. The lowest BCUT2D eigenvalue weighted by Gasteiger charge is -2.34. The van der Waals surface area contributed by atoms with Crippen molar-refractivity contribution in [3.05, 3.63) is 64.7 Å². The molecule has 0 saturated carbocycles. The molecule has 0 bridgehead atoms. The number of aromatic hydroxyl groups is 1. The van der Waals surface area contributed by atoms with Gasteiger partial charge in [-0.05, 0) is 41.8 Å². The van der Waals surface area contributed by atoms with Gasteiger partial charge in [-0.2, -0.15) is 0 Å². The van der Waals surface area contributed by atoms with Crippen molar-refractivity contribution in [2.45, 2.75) is 31.0 Å². The molecule has 2 N–H and O–H groups in total. The van der Waals surface area contributed by atoms with Crippen molar-refractivity contribution >= 4 is 29.1 Å². The van der Waals surface area contributed by atoms with Crippen molar-refractivity contribution in [2.75, 3.05) is 21.3 Å². The van der Waals surface area contributed by atoms with Crippen molar-refractivity contribution in [3.8, 4) is 5.75 Å². The Balaban J connectivity index is 2.03. The molecular weight excluding hydrogens is 471 g/mol. The first kappa shape index (κ1) is 20.9. The Morgan fingerprint density at radius 3 is 2.64 bits per heavy atom. The number of rotatable bonds is 6. The molecule has 0 saturated heterocycles. The van der Waals surface area contributed by atoms with E-state index in [0.717, 1.165) is 22.5 Å². The minimum Gasteiger partial charge on any atom is -0.508 e. The van der Waals surface area contributed by atoms with Crippen LogP contribution in [0.1, 0.15) is 18.9 Å². The first-order chi connectivity index (χ1) is 13.5. The Labute approximate surface area is 179 Å². The van der Waals surface area contributed by atoms with Crippen molar-refractivity contribution in [1.82, 2.24) is 3.53 Å². The summed E-state index contributed by atoms with van der Waals surface area (Å²) >= 11 is 2.09. The van der Waals surface area contributed by atoms with Crippen LogP contribution in [0.5, 0.6) is 5.75 Å². The Kier molecular flexibility index (Phi) is 6.47. The van der Waals surface area contributed by atoms with Crippen LogP contribution in [0.4, 0.5) is 0 Å². The molecule has 1 aliphatic heterocycles. The van der Waals surface area contributed by atoms with Crippen molar-refractivity contribution in [2.24, 2.45) is 4.99 Å². The highest BCUT2D eigenvalue weighted by Crippen LogP contribution is 2.40. The number of phenols is 1. The molecule has 3 rings (SSSR count). The predicted octanol–water partition coefficient (Wildman–Crippen LogP) is 3.78. The molecule has 1 heterocycles. The van der Waals surface area contributed by atoms with Crippen LogP contribution in [0, 0.1) is 0 Å². The fourth-order valence-corrected chi connectivity index (χ4v) is 4.12. The molecule has 0 fully saturated rings. The minimum atomic E-state index is -0.354. The smallest absolute Gasteiger partial charge is 0.144 e. The number of phenolic OH excluding ortho intramolecular Hbond substituents is 1. The van der Waals surface area contributed by atoms with Gasteiger partial charge in [-0.1, -0.05) is 19.1 Å². The van der Waals surface area contributed by atoms with E-state index in [9.17, 15) is 5.11 Å². The van der Waals surface area contributed by atoms with E-state index >= 15 is 0 Å². The Morgan fingerprint density at radius 1 is 1.25 bits per heavy atom. The topological polar surface area (TPSA) is 72.3 Å². The second kappa shape index (κ2) is 8.67. The number of nitrogens with zero attached hydrogens (tertiary/aromatic N) is 1. The molecule has 28 heavy (non-hydrogen) atoms. The lowest BCUT2D eigenvalue weighted by atomic mass is 9.74. The third-order valence-corrected chi connectivity index (χ3v) is 5.75. The first-order valence-corrected chi connectivity index (χ1v) is 10.0. The summed E-state index contributed by atoms with van der Waals surface area (Å²) in [5, 5.41) is 9.92. The highest BCUT2D eigenvalue weighted by molar-refractivity contribution is 14.1. The largest absolute Gasteiger partial charge is 0.508 e. The van der Waals surface area contributed by atoms with Gasteiger partial charge in [0.15, 0.2) is 0 Å². The molecule has 7 heteroatoms. The third-order valence-electron chi connectivity index (χ3n) is 5.23. The fourth-order valence-electron chi connectivity index (χ4n) is 3.65. The van der Waals surface area contributed by atoms with E-state index in [-0.39, 0.29) is 23.4 Å². The predicted molar refractivity (Wildman–Crippen MR) is 118 cm³/mol. The maximum Gasteiger partial charge on any atom is 0.144 e. The number of allylic oxidation sites excluding steroid dienone is 3. The molecule has 1 aromatic rings. The fraction of sp³-hybridized carbons (Fsp3) is 0.381. The lowest BCUT2D eigenvalue weighted by Crippen LogP contribution is -2.35. The normalized spacial score (nSPS) is 27.3. The second-order valence-electron chi connectivity index (χ2n) is 7.05. The van der Waals surface area contributed by atoms with Gasteiger partial charge in [-0.25, -0.2) is 4.99 Å². The SMILES string of the molecule is COC1=CC(C2=C(NI)N=C[C@@](C)(c3cccc(O)c3)C2)=CC(OC)C1OC. The Bertz CT molecular complexity index is 862. The van der Waals surface area contributed by atoms with Gasteiger partial charge in [0.25, 0.3) is 0 Å². The lowest BCUT2D eigenvalue weighted by molar-refractivity contribution is -0.0188. The quantitative estimate of drug-likeness (QED) is 0.464. The molecule has 0 radical (unpaired) electrons. The highest BCUT2D eigenvalue weighted by Gasteiger charge is 2.35. The van der Waals surface area contributed by atoms with E-state index in [1.807, 2.05) is 30.5 Å². The van der Waals surface area contributed by atoms with Crippen LogP contribution in [0.2, 0.25) is 0 Å². The summed E-state index contributed by atoms with van der Waals surface area (Å²) in [6.45, 7) is 2.12. The number of ether oxygens (including phenoxy) is 3. The van der Waals surface area contributed by atoms with Gasteiger partial charge in [0.2, 0.25) is 0 Å². The Morgan fingerprint density at radius 2 is 2.04 bits per heavy atom. The number of methoxy groups -OCH3 is 3. The van der Waals surface area contributed by atoms with Crippen LogP contribution < -0.4 is 3.53 Å². The molecule has 150 valence electrons. The van der Waals surface area contributed by atoms with E-state index < -0.39 is 0 Å². The van der Waals surface area contributed by atoms with Gasteiger partial charge >= 0.3 is 0 Å². The summed E-state index contributed by atoms with van der Waals surface area (Å²) in [5.41, 5.74) is 2.69. The summed E-state index contributed by atoms with van der Waals surface area (Å²) in [4.78, 5) is 4.68. The van der Waals surface area contributed by atoms with E-state index in [1.165, 1.54) is 0 Å². The van der Waals surface area contributed by atoms with Gasteiger partial charge in [0, 0.05) is 31.4 Å². The standard InChI is InChI=1S/C21H25IN2O4/c1-21(14-6-5-7-15(25)10-14)11-16(20(24-22)23-12-21)13-8-17(26-2)19(28-4)18(9-13)27-3/h5-10,12,17,19,24-25H,11H2,1-4H3/t17?,19?,21-/m0/s1. The summed E-state index contributed by atoms with van der Waals surface area (Å²) in [7, 11) is 4.93. The van der Waals surface area contributed by atoms with Gasteiger partial charge in [-0.15, -0.1) is 0 Å². The minimum absolute atomic E-state index is 0.247. The van der Waals surface area contributed by atoms with Gasteiger partial charge < -0.3 is 22.8 Å².